The van der Waals surface area contributed by atoms with Gasteiger partial charge < -0.3 is 10.1 Å². The summed E-state index contributed by atoms with van der Waals surface area (Å²) in [6.07, 6.45) is 3.80. The highest BCUT2D eigenvalue weighted by molar-refractivity contribution is 6.46. The number of anilines is 1. The standard InChI is InChI=1S/C14H18N4O/c1-2-19-14(16)9-8-13(12(15)10-14)18-17-11-6-4-3-5-7-11/h3-9,15,17H,2,10,16H2,1H3. The summed E-state index contributed by atoms with van der Waals surface area (Å²) in [4.78, 5) is 0. The fourth-order valence-electron chi connectivity index (χ4n) is 1.86. The summed E-state index contributed by atoms with van der Waals surface area (Å²) in [5.74, 6) is 0. The van der Waals surface area contributed by atoms with E-state index in [0.29, 0.717) is 24.5 Å². The third kappa shape index (κ3) is 3.49. The first-order chi connectivity index (χ1) is 9.13. The van der Waals surface area contributed by atoms with Gasteiger partial charge in [-0.1, -0.05) is 18.2 Å². The highest BCUT2D eigenvalue weighted by Crippen LogP contribution is 2.18. The van der Waals surface area contributed by atoms with E-state index in [2.05, 4.69) is 10.5 Å². The molecule has 0 aromatic heterocycles. The second kappa shape index (κ2) is 5.77. The molecule has 5 nitrogen and oxygen atoms in total. The number of hydrogen-bond acceptors (Lipinski definition) is 5. The summed E-state index contributed by atoms with van der Waals surface area (Å²) in [5, 5.41) is 12.2. The zero-order chi connectivity index (χ0) is 13.7. The maximum Gasteiger partial charge on any atom is 0.141 e. The second-order valence-electron chi connectivity index (χ2n) is 4.35. The van der Waals surface area contributed by atoms with E-state index in [4.69, 9.17) is 15.9 Å². The minimum atomic E-state index is -0.877. The van der Waals surface area contributed by atoms with Crippen molar-refractivity contribution in [1.82, 2.24) is 0 Å². The quantitative estimate of drug-likeness (QED) is 0.571. The molecule has 100 valence electrons. The van der Waals surface area contributed by atoms with E-state index in [-0.39, 0.29) is 0 Å². The smallest absolute Gasteiger partial charge is 0.141 e. The van der Waals surface area contributed by atoms with Crippen molar-refractivity contribution in [3.8, 4) is 0 Å². The molecule has 0 saturated carbocycles. The molecule has 0 amide bonds. The Labute approximate surface area is 112 Å². The van der Waals surface area contributed by atoms with Gasteiger partial charge >= 0.3 is 0 Å². The molecule has 0 heterocycles. The molecule has 0 aliphatic heterocycles. The molecule has 0 saturated heterocycles. The molecule has 0 fully saturated rings. The lowest BCUT2D eigenvalue weighted by Crippen LogP contribution is -2.46. The molecule has 1 aromatic carbocycles. The van der Waals surface area contributed by atoms with E-state index in [1.54, 1.807) is 12.2 Å². The SMILES string of the molecule is CCOC1(N)C=CC(=NNc2ccccc2)C(=N)C1. The van der Waals surface area contributed by atoms with Crippen LogP contribution in [0, 0.1) is 5.41 Å². The van der Waals surface area contributed by atoms with Gasteiger partial charge in [-0.2, -0.15) is 5.10 Å². The lowest BCUT2D eigenvalue weighted by Gasteiger charge is -2.29. The Bertz CT molecular complexity index is 509. The first kappa shape index (κ1) is 13.5. The number of para-hydroxylation sites is 1. The Morgan fingerprint density at radius 2 is 2.16 bits per heavy atom. The number of rotatable bonds is 4. The summed E-state index contributed by atoms with van der Waals surface area (Å²) < 4.78 is 5.43. The molecule has 1 aliphatic carbocycles. The fraction of sp³-hybridized carbons (Fsp3) is 0.286. The van der Waals surface area contributed by atoms with E-state index >= 15 is 0 Å². The molecule has 19 heavy (non-hydrogen) atoms. The summed E-state index contributed by atoms with van der Waals surface area (Å²) in [6, 6.07) is 9.60. The van der Waals surface area contributed by atoms with Gasteiger partial charge in [0.1, 0.15) is 11.4 Å². The van der Waals surface area contributed by atoms with E-state index in [9.17, 15) is 0 Å². The van der Waals surface area contributed by atoms with Crippen molar-refractivity contribution in [2.24, 2.45) is 10.8 Å². The Kier molecular flexibility index (Phi) is 4.09. The minimum absolute atomic E-state index is 0.326. The van der Waals surface area contributed by atoms with Gasteiger partial charge in [0, 0.05) is 13.0 Å². The maximum atomic E-state index is 7.96. The van der Waals surface area contributed by atoms with Gasteiger partial charge in [-0.25, -0.2) is 0 Å². The molecule has 5 heteroatoms. The highest BCUT2D eigenvalue weighted by atomic mass is 16.5. The van der Waals surface area contributed by atoms with E-state index in [1.165, 1.54) is 0 Å². The molecule has 1 atom stereocenters. The van der Waals surface area contributed by atoms with Crippen LogP contribution in [0.1, 0.15) is 13.3 Å². The number of hydrazone groups is 1. The number of ether oxygens (including phenoxy) is 1. The van der Waals surface area contributed by atoms with E-state index in [0.717, 1.165) is 5.69 Å². The van der Waals surface area contributed by atoms with Crippen LogP contribution >= 0.6 is 0 Å². The van der Waals surface area contributed by atoms with Gasteiger partial charge in [-0.3, -0.25) is 11.2 Å². The van der Waals surface area contributed by atoms with Crippen LogP contribution in [0.5, 0.6) is 0 Å². The Hall–Kier alpha value is -1.98. The molecule has 0 bridgehead atoms. The average Bonchev–Trinajstić information content (AvgIpc) is 2.39. The monoisotopic (exact) mass is 258 g/mol. The Morgan fingerprint density at radius 1 is 1.42 bits per heavy atom. The lowest BCUT2D eigenvalue weighted by atomic mass is 9.96. The van der Waals surface area contributed by atoms with Gasteiger partial charge in [0.05, 0.1) is 11.4 Å². The number of nitrogens with one attached hydrogen (secondary N) is 2. The summed E-state index contributed by atoms with van der Waals surface area (Å²) >= 11 is 0. The van der Waals surface area contributed by atoms with Gasteiger partial charge in [-0.05, 0) is 31.2 Å². The zero-order valence-corrected chi connectivity index (χ0v) is 10.9. The maximum absolute atomic E-state index is 7.96. The molecule has 0 radical (unpaired) electrons. The molecule has 1 unspecified atom stereocenters. The third-order valence-corrected chi connectivity index (χ3v) is 2.78. The Balaban J connectivity index is 2.08. The fourth-order valence-corrected chi connectivity index (χ4v) is 1.86. The van der Waals surface area contributed by atoms with Crippen molar-refractivity contribution in [1.29, 1.82) is 5.41 Å². The predicted molar refractivity (Wildman–Crippen MR) is 77.5 cm³/mol. The summed E-state index contributed by atoms with van der Waals surface area (Å²) in [6.45, 7) is 2.40. The number of nitrogens with zero attached hydrogens (tertiary/aromatic N) is 1. The van der Waals surface area contributed by atoms with Crippen LogP contribution in [0.3, 0.4) is 0 Å². The van der Waals surface area contributed by atoms with E-state index in [1.807, 2.05) is 37.3 Å². The minimum Gasteiger partial charge on any atom is -0.357 e. The van der Waals surface area contributed by atoms with Crippen molar-refractivity contribution in [2.75, 3.05) is 12.0 Å². The van der Waals surface area contributed by atoms with Crippen LogP contribution in [-0.4, -0.2) is 23.8 Å². The lowest BCUT2D eigenvalue weighted by molar-refractivity contribution is 0.00936. The zero-order valence-electron chi connectivity index (χ0n) is 10.9. The molecule has 2 rings (SSSR count). The number of hydrogen-bond donors (Lipinski definition) is 3. The summed E-state index contributed by atoms with van der Waals surface area (Å²) in [7, 11) is 0. The number of benzene rings is 1. The van der Waals surface area contributed by atoms with Crippen LogP contribution in [-0.2, 0) is 4.74 Å². The van der Waals surface area contributed by atoms with Crippen LogP contribution in [0.2, 0.25) is 0 Å². The first-order valence-corrected chi connectivity index (χ1v) is 6.21. The molecule has 0 spiro atoms. The average molecular weight is 258 g/mol. The molecular formula is C14H18N4O. The highest BCUT2D eigenvalue weighted by Gasteiger charge is 2.29. The van der Waals surface area contributed by atoms with Crippen molar-refractivity contribution in [3.63, 3.8) is 0 Å². The van der Waals surface area contributed by atoms with Gasteiger partial charge in [0.25, 0.3) is 0 Å². The van der Waals surface area contributed by atoms with Crippen molar-refractivity contribution in [3.05, 3.63) is 42.5 Å². The van der Waals surface area contributed by atoms with Crippen molar-refractivity contribution in [2.45, 2.75) is 19.1 Å². The van der Waals surface area contributed by atoms with Gasteiger partial charge in [0.15, 0.2) is 0 Å². The third-order valence-electron chi connectivity index (χ3n) is 2.78. The number of allylic oxidation sites excluding steroid dienone is 1. The summed E-state index contributed by atoms with van der Waals surface area (Å²) in [5.41, 5.74) is 9.86. The van der Waals surface area contributed by atoms with Crippen LogP contribution in [0.25, 0.3) is 0 Å². The van der Waals surface area contributed by atoms with Crippen LogP contribution in [0.4, 0.5) is 5.69 Å². The first-order valence-electron chi connectivity index (χ1n) is 6.21. The molecular weight excluding hydrogens is 240 g/mol. The predicted octanol–water partition coefficient (Wildman–Crippen LogP) is 2.13. The number of nitrogens with two attached hydrogens (primary N) is 1. The largest absolute Gasteiger partial charge is 0.357 e. The van der Waals surface area contributed by atoms with Gasteiger partial charge in [0.2, 0.25) is 0 Å². The normalized spacial score (nSPS) is 24.7. The van der Waals surface area contributed by atoms with Crippen LogP contribution < -0.4 is 11.2 Å². The van der Waals surface area contributed by atoms with Crippen molar-refractivity contribution >= 4 is 17.1 Å². The van der Waals surface area contributed by atoms with E-state index < -0.39 is 5.72 Å². The topological polar surface area (TPSA) is 83.5 Å². The molecule has 1 aromatic rings. The molecule has 1 aliphatic rings. The molecule has 4 N–H and O–H groups in total. The Morgan fingerprint density at radius 3 is 2.79 bits per heavy atom. The van der Waals surface area contributed by atoms with Gasteiger partial charge in [-0.15, -0.1) is 0 Å². The second-order valence-corrected chi connectivity index (χ2v) is 4.35. The van der Waals surface area contributed by atoms with Crippen LogP contribution in [0.15, 0.2) is 47.6 Å². The van der Waals surface area contributed by atoms with Crippen molar-refractivity contribution < 1.29 is 4.74 Å².